The average Bonchev–Trinajstić information content (AvgIpc) is 2.28. The molecule has 1 aromatic carbocycles. The fourth-order valence-electron chi connectivity index (χ4n) is 1.26. The number of carbonyl (C=O) groups is 1. The van der Waals surface area contributed by atoms with E-state index in [0.29, 0.717) is 36.0 Å². The van der Waals surface area contributed by atoms with Crippen molar-refractivity contribution in [3.63, 3.8) is 0 Å². The maximum atomic E-state index is 11.3. The summed E-state index contributed by atoms with van der Waals surface area (Å²) in [5, 5.41) is 3.20. The van der Waals surface area contributed by atoms with Crippen LogP contribution in [0.1, 0.15) is 19.8 Å². The molecule has 0 radical (unpaired) electrons. The number of hydrogen-bond donors (Lipinski definition) is 2. The smallest absolute Gasteiger partial charge is 0.225 e. The molecular formula is C12H17ClN2O2. The Balaban J connectivity index is 2.64. The van der Waals surface area contributed by atoms with Crippen LogP contribution in [0.5, 0.6) is 5.75 Å². The van der Waals surface area contributed by atoms with E-state index in [1.54, 1.807) is 18.2 Å². The standard InChI is InChI=1S/C12H17ClN2O2/c1-2-7-17-11-4-3-9(8-10(11)13)15-12(16)5-6-14/h3-4,8H,2,5-7,14H2,1H3,(H,15,16). The lowest BCUT2D eigenvalue weighted by Gasteiger charge is -2.09. The highest BCUT2D eigenvalue weighted by molar-refractivity contribution is 6.32. The Morgan fingerprint density at radius 3 is 2.88 bits per heavy atom. The molecule has 0 aromatic heterocycles. The van der Waals surface area contributed by atoms with Gasteiger partial charge >= 0.3 is 0 Å². The predicted molar refractivity (Wildman–Crippen MR) is 69.5 cm³/mol. The number of benzene rings is 1. The molecule has 0 bridgehead atoms. The third kappa shape index (κ3) is 4.63. The van der Waals surface area contributed by atoms with Crippen molar-refractivity contribution in [3.8, 4) is 5.75 Å². The third-order valence-corrected chi connectivity index (χ3v) is 2.34. The minimum Gasteiger partial charge on any atom is -0.492 e. The van der Waals surface area contributed by atoms with Crippen molar-refractivity contribution in [2.24, 2.45) is 5.73 Å². The Morgan fingerprint density at radius 1 is 1.53 bits per heavy atom. The number of ether oxygens (including phenoxy) is 1. The lowest BCUT2D eigenvalue weighted by Crippen LogP contribution is -2.16. The van der Waals surface area contributed by atoms with E-state index in [2.05, 4.69) is 5.32 Å². The SMILES string of the molecule is CCCOc1ccc(NC(=O)CCN)cc1Cl. The van der Waals surface area contributed by atoms with Crippen molar-refractivity contribution < 1.29 is 9.53 Å². The minimum absolute atomic E-state index is 0.120. The number of rotatable bonds is 6. The van der Waals surface area contributed by atoms with Crippen molar-refractivity contribution in [1.82, 2.24) is 0 Å². The normalized spacial score (nSPS) is 10.1. The van der Waals surface area contributed by atoms with Crippen LogP contribution in [0, 0.1) is 0 Å². The van der Waals surface area contributed by atoms with E-state index in [9.17, 15) is 4.79 Å². The molecule has 0 heterocycles. The summed E-state index contributed by atoms with van der Waals surface area (Å²) < 4.78 is 5.43. The van der Waals surface area contributed by atoms with E-state index in [1.807, 2.05) is 6.92 Å². The number of hydrogen-bond acceptors (Lipinski definition) is 3. The molecule has 0 saturated carbocycles. The van der Waals surface area contributed by atoms with Crippen LogP contribution in [0.3, 0.4) is 0 Å². The molecule has 0 spiro atoms. The Labute approximate surface area is 106 Å². The molecule has 0 atom stereocenters. The van der Waals surface area contributed by atoms with Gasteiger partial charge in [0.05, 0.1) is 11.6 Å². The number of carbonyl (C=O) groups excluding carboxylic acids is 1. The van der Waals surface area contributed by atoms with Crippen LogP contribution >= 0.6 is 11.6 Å². The van der Waals surface area contributed by atoms with Gasteiger partial charge in [-0.3, -0.25) is 4.79 Å². The average molecular weight is 257 g/mol. The zero-order valence-corrected chi connectivity index (χ0v) is 10.6. The fraction of sp³-hybridized carbons (Fsp3) is 0.417. The van der Waals surface area contributed by atoms with Gasteiger partial charge in [0.15, 0.2) is 0 Å². The van der Waals surface area contributed by atoms with Gasteiger partial charge in [-0.25, -0.2) is 0 Å². The Hall–Kier alpha value is -1.26. The lowest BCUT2D eigenvalue weighted by atomic mass is 10.3. The quantitative estimate of drug-likeness (QED) is 0.822. The molecule has 17 heavy (non-hydrogen) atoms. The number of nitrogens with one attached hydrogen (secondary N) is 1. The molecule has 1 aromatic rings. The highest BCUT2D eigenvalue weighted by Crippen LogP contribution is 2.27. The van der Waals surface area contributed by atoms with E-state index >= 15 is 0 Å². The van der Waals surface area contributed by atoms with E-state index in [4.69, 9.17) is 22.1 Å². The number of nitrogens with two attached hydrogens (primary N) is 1. The van der Waals surface area contributed by atoms with Gasteiger partial charge in [-0.1, -0.05) is 18.5 Å². The maximum absolute atomic E-state index is 11.3. The molecule has 94 valence electrons. The second kappa shape index (κ2) is 7.14. The van der Waals surface area contributed by atoms with Crippen molar-refractivity contribution in [2.45, 2.75) is 19.8 Å². The first-order valence-corrected chi connectivity index (χ1v) is 5.97. The molecule has 0 saturated heterocycles. The number of anilines is 1. The summed E-state index contributed by atoms with van der Waals surface area (Å²) in [4.78, 5) is 11.3. The van der Waals surface area contributed by atoms with Gasteiger partial charge in [-0.2, -0.15) is 0 Å². The molecule has 4 nitrogen and oxygen atoms in total. The van der Waals surface area contributed by atoms with Crippen LogP contribution in [0.2, 0.25) is 5.02 Å². The lowest BCUT2D eigenvalue weighted by molar-refractivity contribution is -0.116. The van der Waals surface area contributed by atoms with Crippen molar-refractivity contribution >= 4 is 23.2 Å². The second-order valence-corrected chi connectivity index (χ2v) is 3.99. The third-order valence-electron chi connectivity index (χ3n) is 2.05. The number of halogens is 1. The first kappa shape index (κ1) is 13.8. The molecule has 0 fully saturated rings. The molecule has 0 aliphatic rings. The van der Waals surface area contributed by atoms with E-state index in [1.165, 1.54) is 0 Å². The summed E-state index contributed by atoms with van der Waals surface area (Å²) in [5.41, 5.74) is 5.94. The topological polar surface area (TPSA) is 64.3 Å². The summed E-state index contributed by atoms with van der Waals surface area (Å²) in [6.45, 7) is 2.98. The molecule has 0 aliphatic heterocycles. The van der Waals surface area contributed by atoms with Gasteiger partial charge in [-0.15, -0.1) is 0 Å². The van der Waals surface area contributed by atoms with Gasteiger partial charge in [-0.05, 0) is 24.6 Å². The van der Waals surface area contributed by atoms with Crippen LogP contribution in [-0.2, 0) is 4.79 Å². The van der Waals surface area contributed by atoms with Gasteiger partial charge in [0.1, 0.15) is 5.75 Å². The van der Waals surface area contributed by atoms with E-state index in [-0.39, 0.29) is 5.91 Å². The molecular weight excluding hydrogens is 240 g/mol. The van der Waals surface area contributed by atoms with Crippen molar-refractivity contribution in [3.05, 3.63) is 23.2 Å². The highest BCUT2D eigenvalue weighted by Gasteiger charge is 2.05. The number of amides is 1. The first-order chi connectivity index (χ1) is 8.17. The summed E-state index contributed by atoms with van der Waals surface area (Å²) in [6.07, 6.45) is 1.22. The maximum Gasteiger partial charge on any atom is 0.225 e. The van der Waals surface area contributed by atoms with Crippen LogP contribution in [0.4, 0.5) is 5.69 Å². The summed E-state index contributed by atoms with van der Waals surface area (Å²) in [5.74, 6) is 0.510. The Morgan fingerprint density at radius 2 is 2.29 bits per heavy atom. The molecule has 3 N–H and O–H groups in total. The van der Waals surface area contributed by atoms with Crippen LogP contribution in [0.15, 0.2) is 18.2 Å². The second-order valence-electron chi connectivity index (χ2n) is 3.58. The highest BCUT2D eigenvalue weighted by atomic mass is 35.5. The van der Waals surface area contributed by atoms with Crippen molar-refractivity contribution in [1.29, 1.82) is 0 Å². The Bertz CT molecular complexity index is 383. The van der Waals surface area contributed by atoms with Crippen LogP contribution in [-0.4, -0.2) is 19.1 Å². The van der Waals surface area contributed by atoms with Crippen molar-refractivity contribution in [2.75, 3.05) is 18.5 Å². The van der Waals surface area contributed by atoms with Gasteiger partial charge < -0.3 is 15.8 Å². The predicted octanol–water partition coefficient (Wildman–Crippen LogP) is 2.42. The Kier molecular flexibility index (Phi) is 5.80. The molecule has 0 aliphatic carbocycles. The zero-order valence-electron chi connectivity index (χ0n) is 9.83. The summed E-state index contributed by atoms with van der Waals surface area (Å²) in [7, 11) is 0. The largest absolute Gasteiger partial charge is 0.492 e. The molecule has 1 amide bonds. The summed E-state index contributed by atoms with van der Waals surface area (Å²) >= 11 is 6.02. The van der Waals surface area contributed by atoms with Crippen LogP contribution < -0.4 is 15.8 Å². The molecule has 0 unspecified atom stereocenters. The van der Waals surface area contributed by atoms with Gasteiger partial charge in [0.25, 0.3) is 0 Å². The monoisotopic (exact) mass is 256 g/mol. The fourth-order valence-corrected chi connectivity index (χ4v) is 1.50. The summed E-state index contributed by atoms with van der Waals surface area (Å²) in [6, 6.07) is 5.17. The van der Waals surface area contributed by atoms with E-state index < -0.39 is 0 Å². The van der Waals surface area contributed by atoms with Crippen LogP contribution in [0.25, 0.3) is 0 Å². The first-order valence-electron chi connectivity index (χ1n) is 5.59. The minimum atomic E-state index is -0.120. The molecule has 5 heteroatoms. The van der Waals surface area contributed by atoms with E-state index in [0.717, 1.165) is 6.42 Å². The van der Waals surface area contributed by atoms with Gasteiger partial charge in [0.2, 0.25) is 5.91 Å². The molecule has 1 rings (SSSR count). The van der Waals surface area contributed by atoms with Gasteiger partial charge in [0, 0.05) is 18.7 Å². The zero-order chi connectivity index (χ0) is 12.7.